The second-order valence-corrected chi connectivity index (χ2v) is 7.98. The number of hydrogen-bond donors (Lipinski definition) is 2. The van der Waals surface area contributed by atoms with Crippen LogP contribution in [0.15, 0.2) is 48.5 Å². The molecule has 2 aromatic rings. The van der Waals surface area contributed by atoms with Gasteiger partial charge in [0.15, 0.2) is 0 Å². The molecule has 3 rings (SSSR count). The van der Waals surface area contributed by atoms with Crippen LogP contribution in [0.2, 0.25) is 5.02 Å². The Morgan fingerprint density at radius 1 is 1.18 bits per heavy atom. The molecule has 1 fully saturated rings. The summed E-state index contributed by atoms with van der Waals surface area (Å²) < 4.78 is 5.39. The summed E-state index contributed by atoms with van der Waals surface area (Å²) in [4.78, 5) is 23.8. The third-order valence-corrected chi connectivity index (χ3v) is 4.73. The van der Waals surface area contributed by atoms with Crippen LogP contribution in [0, 0.1) is 0 Å². The van der Waals surface area contributed by atoms with Crippen molar-refractivity contribution in [2.75, 3.05) is 0 Å². The van der Waals surface area contributed by atoms with Crippen LogP contribution in [0.4, 0.5) is 9.59 Å². The second-order valence-electron chi connectivity index (χ2n) is 7.55. The molecule has 2 aromatic carbocycles. The van der Waals surface area contributed by atoms with Gasteiger partial charge in [0.25, 0.3) is 0 Å². The molecule has 0 bridgehead atoms. The quantitative estimate of drug-likeness (QED) is 0.781. The molecule has 0 radical (unpaired) electrons. The molecular formula is C20H22ClN3O4. The van der Waals surface area contributed by atoms with Crippen molar-refractivity contribution >= 4 is 23.8 Å². The fraction of sp³-hybridized carbons (Fsp3) is 0.300. The number of halogens is 1. The van der Waals surface area contributed by atoms with E-state index in [0.29, 0.717) is 15.6 Å². The molecule has 28 heavy (non-hydrogen) atoms. The summed E-state index contributed by atoms with van der Waals surface area (Å²) >= 11 is 5.94. The Labute approximate surface area is 168 Å². The minimum absolute atomic E-state index is 0.409. The molecule has 3 N–H and O–H groups in total. The Morgan fingerprint density at radius 2 is 1.82 bits per heavy atom. The van der Waals surface area contributed by atoms with E-state index in [1.165, 1.54) is 5.01 Å². The first kappa shape index (κ1) is 20.1. The van der Waals surface area contributed by atoms with Crippen LogP contribution < -0.4 is 5.73 Å². The lowest BCUT2D eigenvalue weighted by Crippen LogP contribution is -2.52. The molecule has 0 aliphatic carbocycles. The van der Waals surface area contributed by atoms with Crippen molar-refractivity contribution in [1.82, 2.24) is 10.0 Å². The zero-order chi connectivity index (χ0) is 20.6. The summed E-state index contributed by atoms with van der Waals surface area (Å²) in [5.74, 6) is 0. The number of imide groups is 1. The lowest BCUT2D eigenvalue weighted by molar-refractivity contribution is -0.0773. The van der Waals surface area contributed by atoms with Crippen molar-refractivity contribution in [3.8, 4) is 0 Å². The summed E-state index contributed by atoms with van der Waals surface area (Å²) in [6, 6.07) is 14.1. The summed E-state index contributed by atoms with van der Waals surface area (Å²) in [7, 11) is 0. The molecule has 0 spiro atoms. The van der Waals surface area contributed by atoms with Crippen molar-refractivity contribution in [3.05, 3.63) is 70.2 Å². The normalized spacial score (nSPS) is 18.8. The van der Waals surface area contributed by atoms with E-state index in [4.69, 9.17) is 22.1 Å². The van der Waals surface area contributed by atoms with E-state index in [2.05, 4.69) is 0 Å². The molecule has 1 unspecified atom stereocenters. The van der Waals surface area contributed by atoms with Crippen LogP contribution >= 0.6 is 11.6 Å². The highest BCUT2D eigenvalue weighted by Crippen LogP contribution is 2.38. The van der Waals surface area contributed by atoms with Gasteiger partial charge in [0.2, 0.25) is 6.23 Å². The van der Waals surface area contributed by atoms with Gasteiger partial charge in [-0.25, -0.2) is 9.59 Å². The monoisotopic (exact) mass is 403 g/mol. The summed E-state index contributed by atoms with van der Waals surface area (Å²) in [6.07, 6.45) is -3.20. The third-order valence-electron chi connectivity index (χ3n) is 4.48. The first-order chi connectivity index (χ1) is 13.1. The van der Waals surface area contributed by atoms with Gasteiger partial charge in [0.05, 0.1) is 6.04 Å². The highest BCUT2D eigenvalue weighted by atomic mass is 35.5. The number of carbonyl (C=O) groups is 2. The molecule has 1 heterocycles. The zero-order valence-corrected chi connectivity index (χ0v) is 16.6. The Bertz CT molecular complexity index is 895. The van der Waals surface area contributed by atoms with Gasteiger partial charge in [0, 0.05) is 16.1 Å². The van der Waals surface area contributed by atoms with E-state index < -0.39 is 30.0 Å². The van der Waals surface area contributed by atoms with Crippen molar-refractivity contribution in [2.45, 2.75) is 38.6 Å². The van der Waals surface area contributed by atoms with Crippen LogP contribution in [-0.4, -0.2) is 32.8 Å². The van der Waals surface area contributed by atoms with Crippen LogP contribution in [0.5, 0.6) is 0 Å². The number of nitrogens with zero attached hydrogens (tertiary/aromatic N) is 2. The average Bonchev–Trinajstić information content (AvgIpc) is 3.00. The SMILES string of the molecule is CC(C)(C)N1C(c2cccc([C@@H](N)c3ccc(Cl)cc3)c2)OC(=O)N1C(=O)O. The van der Waals surface area contributed by atoms with Crippen molar-refractivity contribution in [2.24, 2.45) is 5.73 Å². The molecule has 0 saturated carbocycles. The number of ether oxygens (including phenoxy) is 1. The van der Waals surface area contributed by atoms with Gasteiger partial charge in [-0.1, -0.05) is 41.9 Å². The molecule has 1 saturated heterocycles. The Balaban J connectivity index is 1.97. The molecule has 0 aromatic heterocycles. The van der Waals surface area contributed by atoms with E-state index in [1.54, 1.807) is 45.0 Å². The zero-order valence-electron chi connectivity index (χ0n) is 15.8. The predicted molar refractivity (Wildman–Crippen MR) is 105 cm³/mol. The van der Waals surface area contributed by atoms with E-state index in [-0.39, 0.29) is 0 Å². The molecule has 1 aliphatic heterocycles. The van der Waals surface area contributed by atoms with E-state index in [0.717, 1.165) is 11.1 Å². The molecule has 2 atom stereocenters. The highest BCUT2D eigenvalue weighted by molar-refractivity contribution is 6.30. The van der Waals surface area contributed by atoms with Crippen molar-refractivity contribution < 1.29 is 19.4 Å². The smallest absolute Gasteiger partial charge is 0.436 e. The number of amides is 2. The minimum atomic E-state index is -1.39. The van der Waals surface area contributed by atoms with Crippen molar-refractivity contribution in [3.63, 3.8) is 0 Å². The maximum absolute atomic E-state index is 12.2. The largest absolute Gasteiger partial charge is 0.464 e. The summed E-state index contributed by atoms with van der Waals surface area (Å²) in [5.41, 5.74) is 8.03. The van der Waals surface area contributed by atoms with Gasteiger partial charge in [0.1, 0.15) is 0 Å². The first-order valence-corrected chi connectivity index (χ1v) is 9.11. The predicted octanol–water partition coefficient (Wildman–Crippen LogP) is 4.53. The molecule has 8 heteroatoms. The fourth-order valence-electron chi connectivity index (χ4n) is 3.19. The Kier molecular flexibility index (Phi) is 5.34. The van der Waals surface area contributed by atoms with Gasteiger partial charge >= 0.3 is 12.2 Å². The molecule has 2 amide bonds. The van der Waals surface area contributed by atoms with E-state index in [1.807, 2.05) is 24.3 Å². The number of rotatable bonds is 3. The number of hydrazine groups is 1. The van der Waals surface area contributed by atoms with Gasteiger partial charge < -0.3 is 15.6 Å². The van der Waals surface area contributed by atoms with Crippen LogP contribution in [0.25, 0.3) is 0 Å². The molecule has 7 nitrogen and oxygen atoms in total. The van der Waals surface area contributed by atoms with E-state index >= 15 is 0 Å². The van der Waals surface area contributed by atoms with Crippen molar-refractivity contribution in [1.29, 1.82) is 0 Å². The minimum Gasteiger partial charge on any atom is -0.464 e. The van der Waals surface area contributed by atoms with Crippen LogP contribution in [0.1, 0.15) is 49.7 Å². The number of benzene rings is 2. The maximum Gasteiger partial charge on any atom is 0.436 e. The number of nitrogens with two attached hydrogens (primary N) is 1. The first-order valence-electron chi connectivity index (χ1n) is 8.73. The Morgan fingerprint density at radius 3 is 2.39 bits per heavy atom. The second kappa shape index (κ2) is 7.43. The standard InChI is InChI=1S/C20H22ClN3O4/c1-20(2,3)24-17(28-19(27)23(24)18(25)26)14-6-4-5-13(11-14)16(22)12-7-9-15(21)10-8-12/h4-11,16-17H,22H2,1-3H3,(H,25,26)/t16-,17?/m0/s1. The number of carbonyl (C=O) groups excluding carboxylic acids is 1. The van der Waals surface area contributed by atoms with Gasteiger partial charge in [-0.15, -0.1) is 5.01 Å². The van der Waals surface area contributed by atoms with Gasteiger partial charge in [-0.3, -0.25) is 0 Å². The lowest BCUT2D eigenvalue weighted by Gasteiger charge is -2.36. The number of cyclic esters (lactones) is 1. The van der Waals surface area contributed by atoms with E-state index in [9.17, 15) is 14.7 Å². The third kappa shape index (κ3) is 3.82. The summed E-state index contributed by atoms with van der Waals surface area (Å²) in [5, 5.41) is 12.1. The lowest BCUT2D eigenvalue weighted by atomic mass is 9.97. The fourth-order valence-corrected chi connectivity index (χ4v) is 3.31. The molecule has 148 valence electrons. The Hall–Kier alpha value is -2.61. The number of carboxylic acid groups (broad SMARTS) is 1. The average molecular weight is 404 g/mol. The van der Waals surface area contributed by atoms with Gasteiger partial charge in [-0.2, -0.15) is 5.01 Å². The summed E-state index contributed by atoms with van der Waals surface area (Å²) in [6.45, 7) is 5.42. The molecule has 1 aliphatic rings. The van der Waals surface area contributed by atoms with Crippen LogP contribution in [-0.2, 0) is 4.74 Å². The topological polar surface area (TPSA) is 96.1 Å². The number of hydrogen-bond acceptors (Lipinski definition) is 5. The maximum atomic E-state index is 12.2. The highest BCUT2D eigenvalue weighted by Gasteiger charge is 2.49. The van der Waals surface area contributed by atoms with Crippen LogP contribution in [0.3, 0.4) is 0 Å². The van der Waals surface area contributed by atoms with Gasteiger partial charge in [-0.05, 0) is 50.1 Å². The molecular weight excluding hydrogens is 382 g/mol.